The quantitative estimate of drug-likeness (QED) is 0.827. The van der Waals surface area contributed by atoms with Crippen LogP contribution in [0.2, 0.25) is 0 Å². The molecule has 4 heteroatoms. The molecule has 88 valence electrons. The molecule has 0 aliphatic heterocycles. The van der Waals surface area contributed by atoms with Crippen LogP contribution in [0.4, 0.5) is 0 Å². The highest BCUT2D eigenvalue weighted by Crippen LogP contribution is 2.11. The van der Waals surface area contributed by atoms with E-state index in [1.54, 1.807) is 6.20 Å². The predicted molar refractivity (Wildman–Crippen MR) is 75.5 cm³/mol. The highest BCUT2D eigenvalue weighted by atomic mass is 32.1. The number of nitrogens with one attached hydrogen (secondary N) is 1. The topological polar surface area (TPSA) is 20.7 Å². The SMILES string of the molecule is Cc1cc(C)cc(Cn2c(=S)cc[nH]c2=S)c1. The Morgan fingerprint density at radius 1 is 1.12 bits per heavy atom. The summed E-state index contributed by atoms with van der Waals surface area (Å²) < 4.78 is 3.35. The van der Waals surface area contributed by atoms with Crippen LogP contribution in [0.25, 0.3) is 0 Å². The summed E-state index contributed by atoms with van der Waals surface area (Å²) in [5.74, 6) is 0. The summed E-state index contributed by atoms with van der Waals surface area (Å²) in [6, 6.07) is 8.34. The van der Waals surface area contributed by atoms with E-state index in [-0.39, 0.29) is 0 Å². The zero-order chi connectivity index (χ0) is 12.4. The molecule has 2 aromatic rings. The van der Waals surface area contributed by atoms with Crippen molar-refractivity contribution < 1.29 is 0 Å². The Bertz CT molecular complexity index is 604. The standard InChI is InChI=1S/C13H14N2S2/c1-9-5-10(2)7-11(6-9)8-15-12(16)3-4-14-13(15)17/h3-7H,8H2,1-2H3,(H,14,17). The minimum absolute atomic E-state index is 0.664. The van der Waals surface area contributed by atoms with Crippen molar-refractivity contribution >= 4 is 24.4 Å². The van der Waals surface area contributed by atoms with Crippen LogP contribution in [0, 0.1) is 23.3 Å². The number of benzene rings is 1. The van der Waals surface area contributed by atoms with E-state index in [9.17, 15) is 0 Å². The largest absolute Gasteiger partial charge is 0.339 e. The van der Waals surface area contributed by atoms with Gasteiger partial charge in [0.25, 0.3) is 0 Å². The number of rotatable bonds is 2. The lowest BCUT2D eigenvalue weighted by Gasteiger charge is -2.08. The van der Waals surface area contributed by atoms with Gasteiger partial charge in [-0.2, -0.15) is 0 Å². The van der Waals surface area contributed by atoms with Crippen molar-refractivity contribution in [3.63, 3.8) is 0 Å². The number of aromatic amines is 1. The van der Waals surface area contributed by atoms with E-state index in [4.69, 9.17) is 24.4 Å². The molecule has 1 aromatic carbocycles. The van der Waals surface area contributed by atoms with Gasteiger partial charge in [-0.3, -0.25) is 0 Å². The van der Waals surface area contributed by atoms with Crippen LogP contribution >= 0.6 is 24.4 Å². The van der Waals surface area contributed by atoms with E-state index in [2.05, 4.69) is 37.0 Å². The molecule has 0 radical (unpaired) electrons. The average Bonchev–Trinajstić information content (AvgIpc) is 2.22. The molecule has 0 saturated heterocycles. The van der Waals surface area contributed by atoms with Crippen LogP contribution in [0.5, 0.6) is 0 Å². The van der Waals surface area contributed by atoms with Crippen LogP contribution in [0.3, 0.4) is 0 Å². The zero-order valence-corrected chi connectivity index (χ0v) is 11.5. The van der Waals surface area contributed by atoms with Crippen molar-refractivity contribution in [2.45, 2.75) is 20.4 Å². The van der Waals surface area contributed by atoms with Gasteiger partial charge in [0.05, 0.1) is 6.54 Å². The summed E-state index contributed by atoms with van der Waals surface area (Å²) in [5, 5.41) is 0. The lowest BCUT2D eigenvalue weighted by atomic mass is 10.1. The van der Waals surface area contributed by atoms with E-state index < -0.39 is 0 Å². The molecular weight excluding hydrogens is 248 g/mol. The first-order valence-corrected chi connectivity index (χ1v) is 6.23. The summed E-state index contributed by atoms with van der Waals surface area (Å²) in [6.07, 6.45) is 1.78. The normalized spacial score (nSPS) is 10.5. The van der Waals surface area contributed by atoms with Crippen LogP contribution in [0.15, 0.2) is 30.5 Å². The van der Waals surface area contributed by atoms with Crippen LogP contribution in [0.1, 0.15) is 16.7 Å². The second-order valence-electron chi connectivity index (χ2n) is 4.20. The number of hydrogen-bond donors (Lipinski definition) is 1. The maximum Gasteiger partial charge on any atom is 0.178 e. The molecule has 1 aromatic heterocycles. The van der Waals surface area contributed by atoms with Gasteiger partial charge in [-0.05, 0) is 37.7 Å². The van der Waals surface area contributed by atoms with Gasteiger partial charge in [0.1, 0.15) is 4.64 Å². The molecule has 0 amide bonds. The van der Waals surface area contributed by atoms with Crippen molar-refractivity contribution in [3.8, 4) is 0 Å². The van der Waals surface area contributed by atoms with Gasteiger partial charge in [-0.25, -0.2) is 0 Å². The van der Waals surface area contributed by atoms with E-state index in [1.807, 2.05) is 10.6 Å². The third-order valence-corrected chi connectivity index (χ3v) is 3.26. The maximum atomic E-state index is 5.28. The van der Waals surface area contributed by atoms with Gasteiger partial charge in [0.15, 0.2) is 4.77 Å². The second kappa shape index (κ2) is 4.94. The van der Waals surface area contributed by atoms with E-state index in [0.717, 1.165) is 11.2 Å². The molecule has 0 saturated carbocycles. The molecule has 0 aliphatic rings. The minimum Gasteiger partial charge on any atom is -0.339 e. The van der Waals surface area contributed by atoms with Crippen molar-refractivity contribution in [3.05, 3.63) is 56.6 Å². The summed E-state index contributed by atoms with van der Waals surface area (Å²) in [4.78, 5) is 3.00. The van der Waals surface area contributed by atoms with Crippen molar-refractivity contribution in [1.29, 1.82) is 0 Å². The summed E-state index contributed by atoms with van der Waals surface area (Å²) in [5.41, 5.74) is 3.75. The Morgan fingerprint density at radius 3 is 2.35 bits per heavy atom. The molecule has 0 aliphatic carbocycles. The molecule has 2 nitrogen and oxygen atoms in total. The van der Waals surface area contributed by atoms with Crippen LogP contribution in [-0.2, 0) is 6.54 Å². The zero-order valence-electron chi connectivity index (χ0n) is 9.86. The lowest BCUT2D eigenvalue weighted by Crippen LogP contribution is -2.05. The molecular formula is C13H14N2S2. The Hall–Kier alpha value is -1.26. The smallest absolute Gasteiger partial charge is 0.178 e. The van der Waals surface area contributed by atoms with E-state index in [1.165, 1.54) is 16.7 Å². The maximum absolute atomic E-state index is 5.28. The summed E-state index contributed by atoms with van der Waals surface area (Å²) in [7, 11) is 0. The highest BCUT2D eigenvalue weighted by molar-refractivity contribution is 7.72. The summed E-state index contributed by atoms with van der Waals surface area (Å²) in [6.45, 7) is 4.92. The first-order valence-electron chi connectivity index (χ1n) is 5.42. The van der Waals surface area contributed by atoms with Crippen molar-refractivity contribution in [1.82, 2.24) is 9.55 Å². The fraction of sp³-hybridized carbons (Fsp3) is 0.231. The Balaban J connectivity index is 2.45. The third kappa shape index (κ3) is 2.90. The van der Waals surface area contributed by atoms with Gasteiger partial charge in [-0.15, -0.1) is 0 Å². The molecule has 1 N–H and O–H groups in total. The van der Waals surface area contributed by atoms with Crippen molar-refractivity contribution in [2.24, 2.45) is 0 Å². The van der Waals surface area contributed by atoms with Gasteiger partial charge < -0.3 is 9.55 Å². The molecule has 2 rings (SSSR count). The number of hydrogen-bond acceptors (Lipinski definition) is 2. The van der Waals surface area contributed by atoms with E-state index in [0.29, 0.717) is 4.77 Å². The first-order chi connectivity index (χ1) is 8.06. The number of nitrogens with zero attached hydrogens (tertiary/aromatic N) is 1. The molecule has 1 heterocycles. The van der Waals surface area contributed by atoms with Gasteiger partial charge in [0, 0.05) is 6.20 Å². The van der Waals surface area contributed by atoms with Gasteiger partial charge in [0.2, 0.25) is 0 Å². The number of aromatic nitrogens is 2. The third-order valence-electron chi connectivity index (χ3n) is 2.57. The number of aryl methyl sites for hydroxylation is 2. The average molecular weight is 262 g/mol. The predicted octanol–water partition coefficient (Wildman–Crippen LogP) is 3.94. The Kier molecular flexibility index (Phi) is 3.54. The Labute approximate surface area is 111 Å². The molecule has 0 atom stereocenters. The fourth-order valence-electron chi connectivity index (χ4n) is 1.94. The lowest BCUT2D eigenvalue weighted by molar-refractivity contribution is 0.739. The Morgan fingerprint density at radius 2 is 1.76 bits per heavy atom. The molecule has 0 bridgehead atoms. The first kappa shape index (κ1) is 12.2. The monoisotopic (exact) mass is 262 g/mol. The highest BCUT2D eigenvalue weighted by Gasteiger charge is 1.99. The molecule has 0 fully saturated rings. The van der Waals surface area contributed by atoms with Crippen LogP contribution < -0.4 is 0 Å². The van der Waals surface area contributed by atoms with Crippen LogP contribution in [-0.4, -0.2) is 9.55 Å². The minimum atomic E-state index is 0.664. The molecule has 17 heavy (non-hydrogen) atoms. The van der Waals surface area contributed by atoms with Gasteiger partial charge >= 0.3 is 0 Å². The van der Waals surface area contributed by atoms with E-state index >= 15 is 0 Å². The molecule has 0 unspecified atom stereocenters. The van der Waals surface area contributed by atoms with Gasteiger partial charge in [-0.1, -0.05) is 41.5 Å². The molecule has 0 spiro atoms. The fourth-order valence-corrected chi connectivity index (χ4v) is 2.46. The summed E-state index contributed by atoms with van der Waals surface area (Å²) >= 11 is 10.5. The number of H-pyrrole nitrogens is 1. The second-order valence-corrected chi connectivity index (χ2v) is 5.01. The van der Waals surface area contributed by atoms with Crippen molar-refractivity contribution in [2.75, 3.05) is 0 Å².